The van der Waals surface area contributed by atoms with Crippen molar-refractivity contribution in [2.45, 2.75) is 18.2 Å². The lowest BCUT2D eigenvalue weighted by Crippen LogP contribution is -2.15. The fourth-order valence-electron chi connectivity index (χ4n) is 3.19. The normalized spacial score (nSPS) is 11.6. The number of nitrogens with two attached hydrogens (primary N) is 1. The summed E-state index contributed by atoms with van der Waals surface area (Å²) < 4.78 is 48.0. The van der Waals surface area contributed by atoms with Crippen molar-refractivity contribution >= 4 is 32.6 Å². The van der Waals surface area contributed by atoms with Gasteiger partial charge in [0.2, 0.25) is 10.0 Å². The molecule has 32 heavy (non-hydrogen) atoms. The summed E-state index contributed by atoms with van der Waals surface area (Å²) in [5.41, 5.74) is 0.803. The lowest BCUT2D eigenvalue weighted by Gasteiger charge is -2.11. The Kier molecular flexibility index (Phi) is 5.68. The second-order valence-electron chi connectivity index (χ2n) is 6.89. The molecule has 0 aliphatic rings. The van der Waals surface area contributed by atoms with E-state index in [1.54, 1.807) is 19.1 Å². The van der Waals surface area contributed by atoms with Crippen molar-refractivity contribution in [1.82, 2.24) is 9.97 Å². The van der Waals surface area contributed by atoms with Gasteiger partial charge in [-0.1, -0.05) is 17.7 Å². The van der Waals surface area contributed by atoms with Gasteiger partial charge in [-0.3, -0.25) is 0 Å². The smallest absolute Gasteiger partial charge is 0.340 e. The second-order valence-corrected chi connectivity index (χ2v) is 8.83. The van der Waals surface area contributed by atoms with Gasteiger partial charge in [-0.2, -0.15) is 0 Å². The molecule has 2 aromatic heterocycles. The first-order valence-electron chi connectivity index (χ1n) is 9.15. The number of halogens is 2. The van der Waals surface area contributed by atoms with Crippen LogP contribution < -0.4 is 15.5 Å². The molecule has 0 atom stereocenters. The molecule has 0 spiro atoms. The molecule has 0 amide bonds. The van der Waals surface area contributed by atoms with Gasteiger partial charge < -0.3 is 9.15 Å². The van der Waals surface area contributed by atoms with Crippen LogP contribution in [-0.2, 0) is 16.4 Å². The van der Waals surface area contributed by atoms with E-state index in [1.807, 2.05) is 0 Å². The molecule has 2 heterocycles. The van der Waals surface area contributed by atoms with E-state index in [4.69, 9.17) is 25.9 Å². The third-order valence-electron chi connectivity index (χ3n) is 4.77. The van der Waals surface area contributed by atoms with Crippen molar-refractivity contribution in [2.24, 2.45) is 5.14 Å². The van der Waals surface area contributed by atoms with Crippen molar-refractivity contribution in [3.63, 3.8) is 0 Å². The van der Waals surface area contributed by atoms with E-state index in [2.05, 4.69) is 9.97 Å². The van der Waals surface area contributed by atoms with Gasteiger partial charge in [0, 0.05) is 35.8 Å². The molecule has 0 aliphatic heterocycles. The number of hydrogen-bond acceptors (Lipinski definition) is 7. The summed E-state index contributed by atoms with van der Waals surface area (Å²) in [6, 6.07) is 8.20. The Balaban J connectivity index is 1.76. The number of fused-ring (bicyclic) bond motifs is 1. The molecule has 0 saturated heterocycles. The molecule has 0 aliphatic carbocycles. The first-order chi connectivity index (χ1) is 15.1. The maximum atomic E-state index is 13.8. The number of benzene rings is 2. The number of primary sulfonamides is 1. The number of aryl methyl sites for hydroxylation is 1. The Bertz CT molecular complexity index is 1510. The van der Waals surface area contributed by atoms with Gasteiger partial charge >= 0.3 is 11.6 Å². The molecule has 11 heteroatoms. The van der Waals surface area contributed by atoms with Crippen LogP contribution in [0.15, 0.2) is 62.9 Å². The largest absolute Gasteiger partial charge is 0.423 e. The number of sulfonamides is 1. The lowest BCUT2D eigenvalue weighted by molar-refractivity contribution is 0.441. The molecular formula is C21H15ClFN3O5S. The predicted molar refractivity (Wildman–Crippen MR) is 115 cm³/mol. The van der Waals surface area contributed by atoms with Crippen LogP contribution in [0.5, 0.6) is 11.8 Å². The molecule has 0 radical (unpaired) electrons. The average Bonchev–Trinajstić information content (AvgIpc) is 2.73. The highest BCUT2D eigenvalue weighted by molar-refractivity contribution is 7.89. The van der Waals surface area contributed by atoms with E-state index in [9.17, 15) is 17.6 Å². The molecule has 0 unspecified atom stereocenters. The molecule has 2 aromatic carbocycles. The summed E-state index contributed by atoms with van der Waals surface area (Å²) in [6.07, 6.45) is 3.01. The maximum Gasteiger partial charge on any atom is 0.340 e. The highest BCUT2D eigenvalue weighted by atomic mass is 35.5. The minimum absolute atomic E-state index is 0.000627. The minimum Gasteiger partial charge on any atom is -0.423 e. The number of nitrogens with zero attached hydrogens (tertiary/aromatic N) is 2. The Labute approximate surface area is 186 Å². The van der Waals surface area contributed by atoms with Crippen molar-refractivity contribution in [2.75, 3.05) is 0 Å². The standard InChI is InChI=1S/C21H15ClFN3O5S/c1-11-13-9-15(22)18(31-21-25-5-2-6-26-21)10-17(13)30-20(27)14(11)7-12-3-4-16(23)19(8-12)32(24,28)29/h2-6,8-10H,7H2,1H3,(H2,24,28,29). The Morgan fingerprint density at radius 3 is 2.59 bits per heavy atom. The van der Waals surface area contributed by atoms with Gasteiger partial charge in [0.15, 0.2) is 5.75 Å². The van der Waals surface area contributed by atoms with E-state index in [-0.39, 0.29) is 34.3 Å². The summed E-state index contributed by atoms with van der Waals surface area (Å²) in [5, 5.41) is 5.85. The van der Waals surface area contributed by atoms with Crippen LogP contribution in [0.3, 0.4) is 0 Å². The Morgan fingerprint density at radius 2 is 1.91 bits per heavy atom. The van der Waals surface area contributed by atoms with Gasteiger partial charge in [-0.25, -0.2) is 32.7 Å². The maximum absolute atomic E-state index is 13.8. The third-order valence-corrected chi connectivity index (χ3v) is 5.99. The fourth-order valence-corrected chi connectivity index (χ4v) is 4.05. The topological polar surface area (TPSA) is 125 Å². The summed E-state index contributed by atoms with van der Waals surface area (Å²) in [6.45, 7) is 1.70. The highest BCUT2D eigenvalue weighted by Crippen LogP contribution is 2.34. The number of ether oxygens (including phenoxy) is 1. The number of aromatic nitrogens is 2. The summed E-state index contributed by atoms with van der Waals surface area (Å²) >= 11 is 6.34. The summed E-state index contributed by atoms with van der Waals surface area (Å²) in [5.74, 6) is -0.766. The summed E-state index contributed by atoms with van der Waals surface area (Å²) in [7, 11) is -4.26. The highest BCUT2D eigenvalue weighted by Gasteiger charge is 2.18. The van der Waals surface area contributed by atoms with E-state index >= 15 is 0 Å². The number of rotatable bonds is 5. The van der Waals surface area contributed by atoms with Crippen LogP contribution in [0.4, 0.5) is 4.39 Å². The van der Waals surface area contributed by atoms with Gasteiger partial charge in [-0.05, 0) is 42.3 Å². The van der Waals surface area contributed by atoms with Crippen LogP contribution in [-0.4, -0.2) is 18.4 Å². The van der Waals surface area contributed by atoms with E-state index in [1.165, 1.54) is 24.5 Å². The van der Waals surface area contributed by atoms with E-state index < -0.39 is 26.4 Å². The van der Waals surface area contributed by atoms with Crippen LogP contribution in [0, 0.1) is 12.7 Å². The molecule has 164 valence electrons. The first-order valence-corrected chi connectivity index (χ1v) is 11.1. The van der Waals surface area contributed by atoms with Gasteiger partial charge in [0.1, 0.15) is 16.3 Å². The van der Waals surface area contributed by atoms with Crippen LogP contribution >= 0.6 is 11.6 Å². The zero-order valence-electron chi connectivity index (χ0n) is 16.5. The van der Waals surface area contributed by atoms with Gasteiger partial charge in [-0.15, -0.1) is 0 Å². The van der Waals surface area contributed by atoms with Crippen LogP contribution in [0.1, 0.15) is 16.7 Å². The lowest BCUT2D eigenvalue weighted by atomic mass is 9.99. The van der Waals surface area contributed by atoms with Crippen molar-refractivity contribution in [3.05, 3.63) is 86.7 Å². The molecule has 4 aromatic rings. The molecular weight excluding hydrogens is 461 g/mol. The molecule has 8 nitrogen and oxygen atoms in total. The van der Waals surface area contributed by atoms with Crippen LogP contribution in [0.2, 0.25) is 5.02 Å². The SMILES string of the molecule is Cc1c(Cc2ccc(F)c(S(N)(=O)=O)c2)c(=O)oc2cc(Oc3ncccn3)c(Cl)cc12. The molecule has 0 fully saturated rings. The summed E-state index contributed by atoms with van der Waals surface area (Å²) in [4.78, 5) is 20.0. The van der Waals surface area contributed by atoms with E-state index in [0.29, 0.717) is 16.5 Å². The molecule has 2 N–H and O–H groups in total. The van der Waals surface area contributed by atoms with Crippen molar-refractivity contribution in [3.8, 4) is 11.8 Å². The van der Waals surface area contributed by atoms with Crippen molar-refractivity contribution < 1.29 is 22.0 Å². The first kappa shape index (κ1) is 21.9. The Morgan fingerprint density at radius 1 is 1.19 bits per heavy atom. The molecule has 4 rings (SSSR count). The predicted octanol–water partition coefficient (Wildman–Crippen LogP) is 3.71. The third kappa shape index (κ3) is 4.33. The molecule has 0 bridgehead atoms. The zero-order chi connectivity index (χ0) is 23.0. The number of hydrogen-bond donors (Lipinski definition) is 1. The zero-order valence-corrected chi connectivity index (χ0v) is 18.1. The monoisotopic (exact) mass is 475 g/mol. The van der Waals surface area contributed by atoms with Gasteiger partial charge in [0.05, 0.1) is 5.02 Å². The fraction of sp³-hybridized carbons (Fsp3) is 0.0952. The molecule has 0 saturated carbocycles. The average molecular weight is 476 g/mol. The quantitative estimate of drug-likeness (QED) is 0.436. The minimum atomic E-state index is -4.26. The Hall–Kier alpha value is -3.34. The second kappa shape index (κ2) is 8.30. The van der Waals surface area contributed by atoms with E-state index in [0.717, 1.165) is 12.1 Å². The van der Waals surface area contributed by atoms with Crippen molar-refractivity contribution in [1.29, 1.82) is 0 Å². The van der Waals surface area contributed by atoms with Gasteiger partial charge in [0.25, 0.3) is 0 Å². The van der Waals surface area contributed by atoms with Crippen LogP contribution in [0.25, 0.3) is 11.0 Å².